The summed E-state index contributed by atoms with van der Waals surface area (Å²) in [5, 5.41) is 4.16. The van der Waals surface area contributed by atoms with Gasteiger partial charge in [0.15, 0.2) is 0 Å². The van der Waals surface area contributed by atoms with E-state index in [4.69, 9.17) is 5.73 Å². The summed E-state index contributed by atoms with van der Waals surface area (Å²) in [6.45, 7) is 0.532. The van der Waals surface area contributed by atoms with E-state index in [0.717, 1.165) is 5.56 Å². The van der Waals surface area contributed by atoms with Crippen molar-refractivity contribution in [3.05, 3.63) is 53.9 Å². The molecule has 1 fully saturated rings. The van der Waals surface area contributed by atoms with Gasteiger partial charge < -0.3 is 5.73 Å². The lowest BCUT2D eigenvalue weighted by atomic mass is 9.99. The predicted molar refractivity (Wildman–Crippen MR) is 68.1 cm³/mol. The summed E-state index contributed by atoms with van der Waals surface area (Å²) in [5.74, 6) is -2.69. The molecule has 1 saturated carbocycles. The van der Waals surface area contributed by atoms with Crippen molar-refractivity contribution in [2.24, 2.45) is 5.73 Å². The minimum absolute atomic E-state index is 0.0446. The Labute approximate surface area is 110 Å². The third kappa shape index (κ3) is 1.94. The minimum atomic E-state index is -2.69. The molecule has 1 atom stereocenters. The highest BCUT2D eigenvalue weighted by Gasteiger charge is 2.71. The lowest BCUT2D eigenvalue weighted by Gasteiger charge is -2.10. The zero-order valence-electron chi connectivity index (χ0n) is 10.4. The summed E-state index contributed by atoms with van der Waals surface area (Å²) in [7, 11) is 0. The van der Waals surface area contributed by atoms with Crippen molar-refractivity contribution in [2.75, 3.05) is 6.54 Å². The van der Waals surface area contributed by atoms with Crippen molar-refractivity contribution >= 4 is 0 Å². The molecule has 0 spiro atoms. The Hall–Kier alpha value is -1.75. The summed E-state index contributed by atoms with van der Waals surface area (Å²) in [5.41, 5.74) is 5.95. The standard InChI is InChI=1S/C14H15F2N3/c15-14(16)9-13(14,10-17)12-6-18-19(8-12)7-11-4-2-1-3-5-11/h1-6,8H,7,9-10,17H2. The van der Waals surface area contributed by atoms with E-state index >= 15 is 0 Å². The van der Waals surface area contributed by atoms with Crippen molar-refractivity contribution < 1.29 is 8.78 Å². The van der Waals surface area contributed by atoms with Crippen LogP contribution in [0, 0.1) is 0 Å². The third-order valence-electron chi connectivity index (χ3n) is 3.82. The molecule has 2 N–H and O–H groups in total. The van der Waals surface area contributed by atoms with Crippen LogP contribution in [0.1, 0.15) is 17.5 Å². The van der Waals surface area contributed by atoms with Crippen LogP contribution in [0.3, 0.4) is 0 Å². The van der Waals surface area contributed by atoms with Crippen molar-refractivity contribution in [3.8, 4) is 0 Å². The fraction of sp³-hybridized carbons (Fsp3) is 0.357. The predicted octanol–water partition coefficient (Wildman–Crippen LogP) is 2.17. The molecule has 1 aromatic heterocycles. The highest BCUT2D eigenvalue weighted by atomic mass is 19.3. The fourth-order valence-electron chi connectivity index (χ4n) is 2.46. The van der Waals surface area contributed by atoms with Crippen molar-refractivity contribution in [2.45, 2.75) is 24.3 Å². The first-order valence-corrected chi connectivity index (χ1v) is 6.22. The molecule has 3 rings (SSSR count). The molecule has 0 amide bonds. The van der Waals surface area contributed by atoms with Crippen LogP contribution in [0.2, 0.25) is 0 Å². The molecule has 1 aliphatic carbocycles. The number of benzene rings is 1. The van der Waals surface area contributed by atoms with Crippen molar-refractivity contribution in [3.63, 3.8) is 0 Å². The SMILES string of the molecule is NCC1(c2cnn(Cc3ccccc3)c2)CC1(F)F. The number of halogens is 2. The largest absolute Gasteiger partial charge is 0.329 e. The molecule has 1 aromatic carbocycles. The van der Waals surface area contributed by atoms with E-state index in [0.29, 0.717) is 12.1 Å². The lowest BCUT2D eigenvalue weighted by molar-refractivity contribution is 0.0896. The molecule has 0 radical (unpaired) electrons. The van der Waals surface area contributed by atoms with Gasteiger partial charge in [0.05, 0.1) is 18.2 Å². The monoisotopic (exact) mass is 263 g/mol. The van der Waals surface area contributed by atoms with Crippen LogP contribution in [-0.4, -0.2) is 22.2 Å². The zero-order valence-corrected chi connectivity index (χ0v) is 10.4. The molecule has 0 aliphatic heterocycles. The van der Waals surface area contributed by atoms with Crippen LogP contribution in [0.4, 0.5) is 8.78 Å². The Kier molecular flexibility index (Phi) is 2.67. The minimum Gasteiger partial charge on any atom is -0.329 e. The Morgan fingerprint density at radius 1 is 1.26 bits per heavy atom. The normalized spacial score (nSPS) is 24.4. The Bertz CT molecular complexity index is 579. The van der Waals surface area contributed by atoms with Gasteiger partial charge in [0.25, 0.3) is 5.92 Å². The summed E-state index contributed by atoms with van der Waals surface area (Å²) >= 11 is 0. The molecule has 1 heterocycles. The third-order valence-corrected chi connectivity index (χ3v) is 3.82. The van der Waals surface area contributed by atoms with E-state index in [9.17, 15) is 8.78 Å². The molecule has 0 bridgehead atoms. The van der Waals surface area contributed by atoms with Gasteiger partial charge in [-0.3, -0.25) is 4.68 Å². The molecule has 1 unspecified atom stereocenters. The van der Waals surface area contributed by atoms with Gasteiger partial charge in [-0.2, -0.15) is 5.10 Å². The first-order chi connectivity index (χ1) is 9.07. The highest BCUT2D eigenvalue weighted by molar-refractivity contribution is 5.35. The maximum atomic E-state index is 13.5. The molecule has 1 aliphatic rings. The number of nitrogens with zero attached hydrogens (tertiary/aromatic N) is 2. The number of nitrogens with two attached hydrogens (primary N) is 1. The molecular weight excluding hydrogens is 248 g/mol. The smallest absolute Gasteiger partial charge is 0.260 e. The number of hydrogen-bond donors (Lipinski definition) is 1. The summed E-state index contributed by atoms with van der Waals surface area (Å²) in [6.07, 6.45) is 3.02. The van der Waals surface area contributed by atoms with E-state index in [2.05, 4.69) is 5.10 Å². The van der Waals surface area contributed by atoms with Gasteiger partial charge in [-0.15, -0.1) is 0 Å². The molecular formula is C14H15F2N3. The van der Waals surface area contributed by atoms with E-state index in [1.165, 1.54) is 6.20 Å². The van der Waals surface area contributed by atoms with Crippen LogP contribution >= 0.6 is 0 Å². The second kappa shape index (κ2) is 4.13. The molecule has 2 aromatic rings. The van der Waals surface area contributed by atoms with Gasteiger partial charge in [0, 0.05) is 24.7 Å². The van der Waals surface area contributed by atoms with Gasteiger partial charge in [-0.1, -0.05) is 30.3 Å². The highest BCUT2D eigenvalue weighted by Crippen LogP contribution is 2.60. The second-order valence-corrected chi connectivity index (χ2v) is 5.08. The van der Waals surface area contributed by atoms with Gasteiger partial charge in [-0.25, -0.2) is 8.78 Å². The first kappa shape index (κ1) is 12.3. The Morgan fingerprint density at radius 2 is 1.95 bits per heavy atom. The summed E-state index contributed by atoms with van der Waals surface area (Å²) < 4.78 is 28.6. The van der Waals surface area contributed by atoms with Gasteiger partial charge in [0.2, 0.25) is 0 Å². The number of rotatable bonds is 4. The van der Waals surface area contributed by atoms with Gasteiger partial charge in [-0.05, 0) is 5.56 Å². The summed E-state index contributed by atoms with van der Waals surface area (Å²) in [6, 6.07) is 9.77. The Morgan fingerprint density at radius 3 is 2.53 bits per heavy atom. The maximum Gasteiger partial charge on any atom is 0.260 e. The second-order valence-electron chi connectivity index (χ2n) is 5.08. The van der Waals surface area contributed by atoms with E-state index in [1.807, 2.05) is 30.3 Å². The van der Waals surface area contributed by atoms with Gasteiger partial charge >= 0.3 is 0 Å². The summed E-state index contributed by atoms with van der Waals surface area (Å²) in [4.78, 5) is 0. The van der Waals surface area contributed by atoms with Crippen LogP contribution < -0.4 is 5.73 Å². The van der Waals surface area contributed by atoms with Crippen LogP contribution in [0.5, 0.6) is 0 Å². The number of hydrogen-bond acceptors (Lipinski definition) is 2. The Balaban J connectivity index is 1.81. The van der Waals surface area contributed by atoms with Crippen molar-refractivity contribution in [1.29, 1.82) is 0 Å². The van der Waals surface area contributed by atoms with Crippen LogP contribution in [-0.2, 0) is 12.0 Å². The topological polar surface area (TPSA) is 43.8 Å². The molecule has 3 nitrogen and oxygen atoms in total. The molecule has 5 heteroatoms. The molecule has 100 valence electrons. The zero-order chi connectivity index (χ0) is 13.5. The first-order valence-electron chi connectivity index (χ1n) is 6.22. The van der Waals surface area contributed by atoms with E-state index < -0.39 is 11.3 Å². The number of alkyl halides is 2. The fourth-order valence-corrected chi connectivity index (χ4v) is 2.46. The maximum absolute atomic E-state index is 13.5. The number of aromatic nitrogens is 2. The van der Waals surface area contributed by atoms with Crippen LogP contribution in [0.15, 0.2) is 42.7 Å². The van der Waals surface area contributed by atoms with Crippen LogP contribution in [0.25, 0.3) is 0 Å². The molecule has 0 saturated heterocycles. The van der Waals surface area contributed by atoms with Crippen molar-refractivity contribution in [1.82, 2.24) is 9.78 Å². The van der Waals surface area contributed by atoms with E-state index in [1.54, 1.807) is 10.9 Å². The average Bonchev–Trinajstić information content (AvgIpc) is 2.73. The van der Waals surface area contributed by atoms with E-state index in [-0.39, 0.29) is 13.0 Å². The quantitative estimate of drug-likeness (QED) is 0.918. The molecule has 19 heavy (non-hydrogen) atoms. The lowest BCUT2D eigenvalue weighted by Crippen LogP contribution is -2.26. The average molecular weight is 263 g/mol. The van der Waals surface area contributed by atoms with Gasteiger partial charge in [0.1, 0.15) is 0 Å².